The number of esters is 1. The molecule has 12 heteroatoms. The van der Waals surface area contributed by atoms with Crippen LogP contribution >= 0.6 is 11.3 Å². The minimum atomic E-state index is -4.49. The van der Waals surface area contributed by atoms with Crippen molar-refractivity contribution in [2.24, 2.45) is 5.73 Å². The van der Waals surface area contributed by atoms with E-state index in [1.165, 1.54) is 47.7 Å². The van der Waals surface area contributed by atoms with Crippen LogP contribution in [0, 0.1) is 5.41 Å². The van der Waals surface area contributed by atoms with E-state index in [-0.39, 0.29) is 42.7 Å². The number of thiophene rings is 1. The summed E-state index contributed by atoms with van der Waals surface area (Å²) in [5.41, 5.74) is 6.70. The van der Waals surface area contributed by atoms with Gasteiger partial charge < -0.3 is 20.7 Å². The molecule has 2 amide bonds. The van der Waals surface area contributed by atoms with Gasteiger partial charge in [-0.3, -0.25) is 19.8 Å². The third kappa shape index (κ3) is 7.51. The number of nitrogens with zero attached hydrogens (tertiary/aromatic N) is 1. The molecule has 0 saturated carbocycles. The lowest BCUT2D eigenvalue weighted by Crippen LogP contribution is -2.50. The monoisotopic (exact) mass is 586 g/mol. The van der Waals surface area contributed by atoms with Crippen molar-refractivity contribution in [3.8, 4) is 0 Å². The van der Waals surface area contributed by atoms with Gasteiger partial charge in [0.25, 0.3) is 5.91 Å². The summed E-state index contributed by atoms with van der Waals surface area (Å²) in [7, 11) is 0. The van der Waals surface area contributed by atoms with Crippen LogP contribution in [0.2, 0.25) is 0 Å². The molecule has 2 aromatic carbocycles. The number of benzene rings is 2. The minimum absolute atomic E-state index is 0.0185. The molecule has 0 saturated heterocycles. The third-order valence-corrected chi connectivity index (χ3v) is 7.87. The number of amidine groups is 1. The van der Waals surface area contributed by atoms with Crippen molar-refractivity contribution in [2.75, 3.05) is 13.2 Å². The van der Waals surface area contributed by atoms with Gasteiger partial charge >= 0.3 is 12.1 Å². The number of alkyl halides is 3. The molecule has 0 aliphatic carbocycles. The standard InChI is InChI=1S/C29H29F3N4O4S/c1-2-40-25(37)15-22-14-20-16-36(12-11-24(20)41-22)28(39)23(13-17-3-9-21(10-4-17)29(30,31)32)35-27(38)19-7-5-18(6-8-19)26(33)34/h3-10,14,23H,2,11-13,15-16H2,1H3,(H3,33,34)(H,35,38)/t23-/m0/s1. The fourth-order valence-electron chi connectivity index (χ4n) is 4.55. The Morgan fingerprint density at radius 2 is 1.76 bits per heavy atom. The van der Waals surface area contributed by atoms with E-state index in [4.69, 9.17) is 15.9 Å². The van der Waals surface area contributed by atoms with Crippen LogP contribution in [0.15, 0.2) is 54.6 Å². The number of fused-ring (bicyclic) bond motifs is 1. The minimum Gasteiger partial charge on any atom is -0.466 e. The highest BCUT2D eigenvalue weighted by atomic mass is 32.1. The molecule has 4 rings (SSSR count). The zero-order chi connectivity index (χ0) is 29.7. The van der Waals surface area contributed by atoms with Gasteiger partial charge in [0.2, 0.25) is 5.91 Å². The highest BCUT2D eigenvalue weighted by Gasteiger charge is 2.32. The second-order valence-corrected chi connectivity index (χ2v) is 10.8. The average molecular weight is 587 g/mol. The number of amides is 2. The third-order valence-electron chi connectivity index (χ3n) is 6.64. The Labute approximate surface area is 238 Å². The molecule has 4 N–H and O–H groups in total. The van der Waals surface area contributed by atoms with E-state index >= 15 is 0 Å². The lowest BCUT2D eigenvalue weighted by molar-refractivity contribution is -0.142. The highest BCUT2D eigenvalue weighted by Crippen LogP contribution is 2.31. The van der Waals surface area contributed by atoms with Gasteiger partial charge in [0.05, 0.1) is 18.6 Å². The molecular formula is C29H29F3N4O4S. The molecule has 216 valence electrons. The maximum atomic E-state index is 13.7. The van der Waals surface area contributed by atoms with Gasteiger partial charge in [-0.05, 0) is 54.8 Å². The number of halogens is 3. The molecule has 0 spiro atoms. The SMILES string of the molecule is CCOC(=O)Cc1cc2c(s1)CCN(C(=O)[C@H](Cc1ccc(C(F)(F)F)cc1)NC(=O)c1ccc(C(=N)N)cc1)C2. The molecule has 1 aliphatic heterocycles. The van der Waals surface area contributed by atoms with E-state index in [1.54, 1.807) is 11.8 Å². The van der Waals surface area contributed by atoms with Crippen LogP contribution in [-0.2, 0) is 46.3 Å². The molecular weight excluding hydrogens is 557 g/mol. The Hall–Kier alpha value is -4.19. The lowest BCUT2D eigenvalue weighted by Gasteiger charge is -2.31. The first-order valence-electron chi connectivity index (χ1n) is 12.9. The van der Waals surface area contributed by atoms with Crippen molar-refractivity contribution in [1.29, 1.82) is 5.41 Å². The van der Waals surface area contributed by atoms with E-state index in [0.29, 0.717) is 30.7 Å². The number of carbonyl (C=O) groups is 3. The quantitative estimate of drug-likeness (QED) is 0.198. The van der Waals surface area contributed by atoms with Crippen molar-refractivity contribution in [2.45, 2.75) is 44.9 Å². The van der Waals surface area contributed by atoms with E-state index in [9.17, 15) is 27.6 Å². The first-order chi connectivity index (χ1) is 19.4. The summed E-state index contributed by atoms with van der Waals surface area (Å²) in [5, 5.41) is 10.3. The number of ether oxygens (including phenoxy) is 1. The van der Waals surface area contributed by atoms with Crippen molar-refractivity contribution in [3.05, 3.63) is 92.2 Å². The van der Waals surface area contributed by atoms with Crippen molar-refractivity contribution >= 4 is 35.0 Å². The molecule has 0 radical (unpaired) electrons. The van der Waals surface area contributed by atoms with Crippen LogP contribution in [0.1, 0.15) is 49.3 Å². The molecule has 2 heterocycles. The van der Waals surface area contributed by atoms with E-state index in [2.05, 4.69) is 5.32 Å². The number of nitrogen functional groups attached to an aromatic ring is 1. The molecule has 0 unspecified atom stereocenters. The van der Waals surface area contributed by atoms with Crippen molar-refractivity contribution in [3.63, 3.8) is 0 Å². The summed E-state index contributed by atoms with van der Waals surface area (Å²) in [4.78, 5) is 42.3. The fraction of sp³-hybridized carbons (Fsp3) is 0.310. The van der Waals surface area contributed by atoms with Crippen LogP contribution < -0.4 is 11.1 Å². The van der Waals surface area contributed by atoms with Gasteiger partial charge in [-0.1, -0.05) is 24.3 Å². The van der Waals surface area contributed by atoms with Crippen molar-refractivity contribution in [1.82, 2.24) is 10.2 Å². The maximum Gasteiger partial charge on any atom is 0.416 e. The van der Waals surface area contributed by atoms with Crippen LogP contribution in [0.3, 0.4) is 0 Å². The number of hydrogen-bond donors (Lipinski definition) is 3. The Balaban J connectivity index is 1.53. The smallest absolute Gasteiger partial charge is 0.416 e. The molecule has 0 bridgehead atoms. The largest absolute Gasteiger partial charge is 0.466 e. The van der Waals surface area contributed by atoms with Gasteiger partial charge in [-0.2, -0.15) is 13.2 Å². The number of rotatable bonds is 9. The summed E-state index contributed by atoms with van der Waals surface area (Å²) >= 11 is 1.50. The molecule has 1 aliphatic rings. The number of nitrogens with two attached hydrogens (primary N) is 1. The average Bonchev–Trinajstić information content (AvgIpc) is 3.33. The summed E-state index contributed by atoms with van der Waals surface area (Å²) in [5.74, 6) is -1.40. The van der Waals surface area contributed by atoms with Gasteiger partial charge in [0.15, 0.2) is 0 Å². The van der Waals surface area contributed by atoms with Gasteiger partial charge in [-0.15, -0.1) is 11.3 Å². The zero-order valence-electron chi connectivity index (χ0n) is 22.2. The molecule has 1 aromatic heterocycles. The molecule has 1 atom stereocenters. The Morgan fingerprint density at radius 1 is 1.10 bits per heavy atom. The zero-order valence-corrected chi connectivity index (χ0v) is 23.0. The second-order valence-electron chi connectivity index (χ2n) is 9.57. The first-order valence-corrected chi connectivity index (χ1v) is 13.7. The first kappa shape index (κ1) is 29.8. The molecule has 3 aromatic rings. The predicted molar refractivity (Wildman–Crippen MR) is 148 cm³/mol. The number of carbonyl (C=O) groups excluding carboxylic acids is 3. The topological polar surface area (TPSA) is 126 Å². The van der Waals surface area contributed by atoms with E-state index < -0.39 is 23.7 Å². The Kier molecular flexibility index (Phi) is 9.11. The normalized spacial score (nSPS) is 13.7. The summed E-state index contributed by atoms with van der Waals surface area (Å²) in [6, 6.07) is 11.3. The fourth-order valence-corrected chi connectivity index (χ4v) is 5.71. The Bertz CT molecular complexity index is 1440. The van der Waals surface area contributed by atoms with Gasteiger partial charge in [-0.25, -0.2) is 0 Å². The van der Waals surface area contributed by atoms with Crippen molar-refractivity contribution < 1.29 is 32.3 Å². The summed E-state index contributed by atoms with van der Waals surface area (Å²) in [6.07, 6.45) is -3.79. The summed E-state index contributed by atoms with van der Waals surface area (Å²) < 4.78 is 44.2. The van der Waals surface area contributed by atoms with Gasteiger partial charge in [0, 0.05) is 40.4 Å². The van der Waals surface area contributed by atoms with Crippen LogP contribution in [0.5, 0.6) is 0 Å². The molecule has 0 fully saturated rings. The Morgan fingerprint density at radius 3 is 2.37 bits per heavy atom. The second kappa shape index (κ2) is 12.5. The van der Waals surface area contributed by atoms with Crippen LogP contribution in [0.4, 0.5) is 13.2 Å². The number of hydrogen-bond acceptors (Lipinski definition) is 6. The summed E-state index contributed by atoms with van der Waals surface area (Å²) in [6.45, 7) is 2.69. The van der Waals surface area contributed by atoms with E-state index in [0.717, 1.165) is 27.5 Å². The molecule has 41 heavy (non-hydrogen) atoms. The lowest BCUT2D eigenvalue weighted by atomic mass is 10.0. The van der Waals surface area contributed by atoms with E-state index in [1.807, 2.05) is 6.07 Å². The number of nitrogens with one attached hydrogen (secondary N) is 2. The maximum absolute atomic E-state index is 13.7. The predicted octanol–water partition coefficient (Wildman–Crippen LogP) is 4.08. The molecule has 8 nitrogen and oxygen atoms in total. The van der Waals surface area contributed by atoms with Crippen LogP contribution in [-0.4, -0.2) is 47.7 Å². The van der Waals surface area contributed by atoms with Gasteiger partial charge in [0.1, 0.15) is 11.9 Å². The van der Waals surface area contributed by atoms with Crippen LogP contribution in [0.25, 0.3) is 0 Å². The highest BCUT2D eigenvalue weighted by molar-refractivity contribution is 7.12.